The number of nitrogens with one attached hydrogen (secondary N) is 1. The van der Waals surface area contributed by atoms with Gasteiger partial charge in [0.2, 0.25) is 0 Å². The molecule has 0 atom stereocenters. The Labute approximate surface area is 106 Å². The second-order valence-corrected chi connectivity index (χ2v) is 3.86. The van der Waals surface area contributed by atoms with Crippen LogP contribution in [0.1, 0.15) is 23.9 Å². The van der Waals surface area contributed by atoms with Crippen LogP contribution in [-0.2, 0) is 13.0 Å². The summed E-state index contributed by atoms with van der Waals surface area (Å²) in [5.74, 6) is 0. The van der Waals surface area contributed by atoms with Crippen LogP contribution in [0.4, 0.5) is 5.69 Å². The number of rotatable bonds is 4. The zero-order valence-corrected chi connectivity index (χ0v) is 10.2. The van der Waals surface area contributed by atoms with E-state index in [-0.39, 0.29) is 0 Å². The van der Waals surface area contributed by atoms with Crippen LogP contribution in [0, 0.1) is 11.3 Å². The molecule has 1 N–H and O–H groups in total. The highest BCUT2D eigenvalue weighted by molar-refractivity contribution is 5.46. The van der Waals surface area contributed by atoms with Gasteiger partial charge in [-0.1, -0.05) is 13.0 Å². The van der Waals surface area contributed by atoms with Gasteiger partial charge in [0, 0.05) is 18.1 Å². The third kappa shape index (κ3) is 2.83. The Kier molecular flexibility index (Phi) is 3.87. The summed E-state index contributed by atoms with van der Waals surface area (Å²) in [6.07, 6.45) is 4.38. The van der Waals surface area contributed by atoms with Crippen LogP contribution in [-0.4, -0.2) is 9.97 Å². The Bertz CT molecular complexity index is 572. The van der Waals surface area contributed by atoms with Gasteiger partial charge in [0.05, 0.1) is 12.2 Å². The first-order valence-corrected chi connectivity index (χ1v) is 5.86. The highest BCUT2D eigenvalue weighted by atomic mass is 14.9. The van der Waals surface area contributed by atoms with Gasteiger partial charge >= 0.3 is 0 Å². The van der Waals surface area contributed by atoms with Crippen LogP contribution in [0.3, 0.4) is 0 Å². The Morgan fingerprint density at radius 3 is 2.94 bits per heavy atom. The molecule has 4 nitrogen and oxygen atoms in total. The Hall–Kier alpha value is -2.41. The zero-order valence-electron chi connectivity index (χ0n) is 10.2. The Morgan fingerprint density at radius 2 is 2.17 bits per heavy atom. The smallest absolute Gasteiger partial charge is 0.142 e. The average Bonchev–Trinajstić information content (AvgIpc) is 2.45. The standard InChI is InChI=1S/C14H14N4/c1-2-11-4-3-6-17-14(11)10-18-12-5-7-16-13(8-12)9-15/h3-8H,2,10H2,1H3,(H,16,18). The minimum atomic E-state index is 0.414. The normalized spacial score (nSPS) is 9.78. The van der Waals surface area contributed by atoms with E-state index in [9.17, 15) is 0 Å². The molecule has 0 radical (unpaired) electrons. The molecule has 2 heterocycles. The predicted molar refractivity (Wildman–Crippen MR) is 69.9 cm³/mol. The van der Waals surface area contributed by atoms with Crippen LogP contribution in [0.5, 0.6) is 0 Å². The lowest BCUT2D eigenvalue weighted by Gasteiger charge is -2.09. The number of pyridine rings is 2. The first kappa shape index (κ1) is 12.1. The van der Waals surface area contributed by atoms with E-state index in [0.717, 1.165) is 17.8 Å². The molecule has 0 bridgehead atoms. The number of hydrogen-bond donors (Lipinski definition) is 1. The van der Waals surface area contributed by atoms with Crippen molar-refractivity contribution in [3.05, 3.63) is 53.6 Å². The highest BCUT2D eigenvalue weighted by Crippen LogP contribution is 2.11. The van der Waals surface area contributed by atoms with E-state index >= 15 is 0 Å². The SMILES string of the molecule is CCc1cccnc1CNc1ccnc(C#N)c1. The van der Waals surface area contributed by atoms with Gasteiger partial charge in [-0.25, -0.2) is 4.98 Å². The lowest BCUT2D eigenvalue weighted by atomic mass is 10.1. The van der Waals surface area contributed by atoms with E-state index in [2.05, 4.69) is 28.3 Å². The lowest BCUT2D eigenvalue weighted by molar-refractivity contribution is 0.971. The van der Waals surface area contributed by atoms with Crippen molar-refractivity contribution in [2.24, 2.45) is 0 Å². The summed E-state index contributed by atoms with van der Waals surface area (Å²) >= 11 is 0. The van der Waals surface area contributed by atoms with E-state index in [0.29, 0.717) is 12.2 Å². The molecule has 18 heavy (non-hydrogen) atoms. The summed E-state index contributed by atoms with van der Waals surface area (Å²) in [6.45, 7) is 2.76. The van der Waals surface area contributed by atoms with E-state index in [1.165, 1.54) is 5.56 Å². The summed E-state index contributed by atoms with van der Waals surface area (Å²) in [6, 6.07) is 9.62. The molecule has 0 fully saturated rings. The molecule has 0 aliphatic heterocycles. The summed E-state index contributed by atoms with van der Waals surface area (Å²) in [5, 5.41) is 12.0. The van der Waals surface area contributed by atoms with E-state index in [4.69, 9.17) is 5.26 Å². The molecule has 0 amide bonds. The van der Waals surface area contributed by atoms with Crippen LogP contribution >= 0.6 is 0 Å². The van der Waals surface area contributed by atoms with Gasteiger partial charge in [-0.15, -0.1) is 0 Å². The van der Waals surface area contributed by atoms with E-state index in [1.54, 1.807) is 18.5 Å². The average molecular weight is 238 g/mol. The maximum Gasteiger partial charge on any atom is 0.142 e. The van der Waals surface area contributed by atoms with Crippen molar-refractivity contribution >= 4 is 5.69 Å². The number of nitriles is 1. The zero-order chi connectivity index (χ0) is 12.8. The van der Waals surface area contributed by atoms with E-state index < -0.39 is 0 Å². The second kappa shape index (κ2) is 5.78. The monoisotopic (exact) mass is 238 g/mol. The van der Waals surface area contributed by atoms with Crippen molar-refractivity contribution in [1.29, 1.82) is 5.26 Å². The summed E-state index contributed by atoms with van der Waals surface area (Å²) in [5.41, 5.74) is 3.57. The molecule has 4 heteroatoms. The molecule has 0 unspecified atom stereocenters. The van der Waals surface area contributed by atoms with Gasteiger partial charge in [-0.2, -0.15) is 5.26 Å². The maximum absolute atomic E-state index is 8.78. The number of anilines is 1. The molecule has 2 rings (SSSR count). The summed E-state index contributed by atoms with van der Waals surface area (Å²) in [7, 11) is 0. The van der Waals surface area contributed by atoms with Crippen LogP contribution < -0.4 is 5.32 Å². The quantitative estimate of drug-likeness (QED) is 0.889. The Balaban J connectivity index is 2.09. The van der Waals surface area contributed by atoms with Gasteiger partial charge < -0.3 is 5.32 Å². The second-order valence-electron chi connectivity index (χ2n) is 3.86. The highest BCUT2D eigenvalue weighted by Gasteiger charge is 2.01. The number of hydrogen-bond acceptors (Lipinski definition) is 4. The fourth-order valence-electron chi connectivity index (χ4n) is 1.74. The van der Waals surface area contributed by atoms with Gasteiger partial charge in [-0.3, -0.25) is 4.98 Å². The first-order valence-electron chi connectivity index (χ1n) is 5.86. The fourth-order valence-corrected chi connectivity index (χ4v) is 1.74. The molecule has 0 saturated carbocycles. The molecular formula is C14H14N4. The molecule has 0 aliphatic carbocycles. The molecule has 0 aromatic carbocycles. The molecule has 2 aromatic rings. The van der Waals surface area contributed by atoms with E-state index in [1.807, 2.05) is 18.2 Å². The van der Waals surface area contributed by atoms with Crippen LogP contribution in [0.15, 0.2) is 36.7 Å². The molecule has 90 valence electrons. The topological polar surface area (TPSA) is 61.6 Å². The fraction of sp³-hybridized carbons (Fsp3) is 0.214. The number of aromatic nitrogens is 2. The summed E-state index contributed by atoms with van der Waals surface area (Å²) in [4.78, 5) is 8.29. The minimum Gasteiger partial charge on any atom is -0.379 e. The number of aryl methyl sites for hydroxylation is 1. The van der Waals surface area contributed by atoms with Crippen molar-refractivity contribution in [1.82, 2.24) is 9.97 Å². The minimum absolute atomic E-state index is 0.414. The van der Waals surface area contributed by atoms with Crippen molar-refractivity contribution in [3.8, 4) is 6.07 Å². The van der Waals surface area contributed by atoms with Gasteiger partial charge in [0.15, 0.2) is 0 Å². The molecule has 0 spiro atoms. The van der Waals surface area contributed by atoms with Crippen LogP contribution in [0.2, 0.25) is 0 Å². The summed E-state index contributed by atoms with van der Waals surface area (Å²) < 4.78 is 0. The molecule has 0 aliphatic rings. The number of nitrogens with zero attached hydrogens (tertiary/aromatic N) is 3. The largest absolute Gasteiger partial charge is 0.379 e. The third-order valence-corrected chi connectivity index (χ3v) is 2.70. The molecule has 2 aromatic heterocycles. The van der Waals surface area contributed by atoms with Crippen molar-refractivity contribution in [2.75, 3.05) is 5.32 Å². The van der Waals surface area contributed by atoms with Gasteiger partial charge in [-0.05, 0) is 30.2 Å². The molecular weight excluding hydrogens is 224 g/mol. The molecule has 0 saturated heterocycles. The van der Waals surface area contributed by atoms with Crippen LogP contribution in [0.25, 0.3) is 0 Å². The first-order chi connectivity index (χ1) is 8.83. The van der Waals surface area contributed by atoms with Crippen molar-refractivity contribution in [3.63, 3.8) is 0 Å². The predicted octanol–water partition coefficient (Wildman–Crippen LogP) is 2.52. The Morgan fingerprint density at radius 1 is 1.28 bits per heavy atom. The van der Waals surface area contributed by atoms with Crippen molar-refractivity contribution < 1.29 is 0 Å². The van der Waals surface area contributed by atoms with Crippen molar-refractivity contribution in [2.45, 2.75) is 19.9 Å². The van der Waals surface area contributed by atoms with Gasteiger partial charge in [0.25, 0.3) is 0 Å². The lowest BCUT2D eigenvalue weighted by Crippen LogP contribution is -2.05. The third-order valence-electron chi connectivity index (χ3n) is 2.70. The maximum atomic E-state index is 8.78. The van der Waals surface area contributed by atoms with Gasteiger partial charge in [0.1, 0.15) is 11.8 Å².